The predicted molar refractivity (Wildman–Crippen MR) is 75.5 cm³/mol. The van der Waals surface area contributed by atoms with Crippen molar-refractivity contribution in [2.75, 3.05) is 14.2 Å². The lowest BCUT2D eigenvalue weighted by Gasteiger charge is -2.10. The molecule has 0 aliphatic carbocycles. The number of methoxy groups -OCH3 is 2. The van der Waals surface area contributed by atoms with E-state index in [1.807, 2.05) is 0 Å². The second-order valence-corrected chi connectivity index (χ2v) is 4.81. The van der Waals surface area contributed by atoms with E-state index in [1.54, 1.807) is 0 Å². The number of hydrogen-bond acceptors (Lipinski definition) is 5. The topological polar surface area (TPSA) is 61.8 Å². The number of esters is 2. The van der Waals surface area contributed by atoms with E-state index in [1.165, 1.54) is 0 Å². The van der Waals surface area contributed by atoms with Crippen molar-refractivity contribution >= 4 is 11.9 Å². The van der Waals surface area contributed by atoms with Crippen molar-refractivity contribution in [2.24, 2.45) is 0 Å². The maximum Gasteiger partial charge on any atom is 0.349 e. The van der Waals surface area contributed by atoms with Crippen LogP contribution in [0.3, 0.4) is 0 Å². The summed E-state index contributed by atoms with van der Waals surface area (Å²) in [5, 5.41) is 0. The van der Waals surface area contributed by atoms with Gasteiger partial charge in [0.05, 0.1) is 14.2 Å². The Morgan fingerprint density at radius 3 is 1.30 bits per heavy atom. The Hall–Kier alpha value is -3.24. The van der Waals surface area contributed by atoms with E-state index >= 15 is 0 Å². The Morgan fingerprint density at radius 2 is 1.00 bits per heavy atom. The summed E-state index contributed by atoms with van der Waals surface area (Å²) in [6, 6.07) is 0.149. The predicted octanol–water partition coefficient (Wildman–Crippen LogP) is 3.54. The molecular weight excluding hydrogens is 386 g/mol. The molecule has 0 bridgehead atoms. The number of ether oxygens (including phenoxy) is 3. The van der Waals surface area contributed by atoms with Crippen LogP contribution >= 0.6 is 0 Å². The quantitative estimate of drug-likeness (QED) is 0.344. The zero-order chi connectivity index (χ0) is 20.5. The minimum atomic E-state index is -1.86. The van der Waals surface area contributed by atoms with E-state index in [0.29, 0.717) is 0 Å². The van der Waals surface area contributed by atoms with Gasteiger partial charge in [-0.3, -0.25) is 0 Å². The maximum atomic E-state index is 14.0. The van der Waals surface area contributed by atoms with Crippen molar-refractivity contribution in [3.05, 3.63) is 58.2 Å². The molecule has 0 N–H and O–H groups in total. The Kier molecular flexibility index (Phi) is 5.62. The van der Waals surface area contributed by atoms with Gasteiger partial charge in [-0.1, -0.05) is 0 Å². The Labute approximate surface area is 147 Å². The van der Waals surface area contributed by atoms with E-state index in [4.69, 9.17) is 0 Å². The molecule has 0 aliphatic rings. The minimum Gasteiger partial charge on any atom is -0.491 e. The Balaban J connectivity index is 2.42. The van der Waals surface area contributed by atoms with Gasteiger partial charge in [-0.15, -0.1) is 0 Å². The first-order chi connectivity index (χ1) is 12.6. The smallest absolute Gasteiger partial charge is 0.349 e. The SMILES string of the molecule is COc1c(F)c(F)cc(C(=O)OC(=O)c2cc(F)c(F)c(OC)c2F)c1F. The third kappa shape index (κ3) is 3.52. The third-order valence-electron chi connectivity index (χ3n) is 3.27. The second kappa shape index (κ2) is 7.56. The van der Waals surface area contributed by atoms with Gasteiger partial charge < -0.3 is 14.2 Å². The first kappa shape index (κ1) is 20.1. The lowest BCUT2D eigenvalue weighted by Crippen LogP contribution is -2.17. The minimum absolute atomic E-state index is 0.0744. The fourth-order valence-electron chi connectivity index (χ4n) is 2.01. The molecule has 0 aliphatic heterocycles. The molecule has 0 atom stereocenters. The van der Waals surface area contributed by atoms with Crippen molar-refractivity contribution < 1.29 is 50.1 Å². The van der Waals surface area contributed by atoms with Crippen LogP contribution < -0.4 is 9.47 Å². The average Bonchev–Trinajstić information content (AvgIpc) is 2.62. The molecule has 144 valence electrons. The zero-order valence-corrected chi connectivity index (χ0v) is 13.5. The van der Waals surface area contributed by atoms with Crippen LogP contribution in [0.2, 0.25) is 0 Å². The van der Waals surface area contributed by atoms with Crippen LogP contribution in [-0.2, 0) is 4.74 Å². The summed E-state index contributed by atoms with van der Waals surface area (Å²) in [4.78, 5) is 23.7. The summed E-state index contributed by atoms with van der Waals surface area (Å²) in [5.74, 6) is -16.5. The van der Waals surface area contributed by atoms with Crippen LogP contribution in [-0.4, -0.2) is 26.2 Å². The molecule has 5 nitrogen and oxygen atoms in total. The van der Waals surface area contributed by atoms with E-state index in [2.05, 4.69) is 14.2 Å². The summed E-state index contributed by atoms with van der Waals surface area (Å²) in [7, 11) is 1.56. The van der Waals surface area contributed by atoms with E-state index in [-0.39, 0.29) is 12.1 Å². The fourth-order valence-corrected chi connectivity index (χ4v) is 2.01. The van der Waals surface area contributed by atoms with Crippen molar-refractivity contribution in [3.63, 3.8) is 0 Å². The normalized spacial score (nSPS) is 10.5. The first-order valence-corrected chi connectivity index (χ1v) is 6.83. The van der Waals surface area contributed by atoms with Crippen LogP contribution in [0.5, 0.6) is 11.5 Å². The molecular formula is C16H8F6O5. The number of benzene rings is 2. The highest BCUT2D eigenvalue weighted by Crippen LogP contribution is 2.29. The van der Waals surface area contributed by atoms with Crippen molar-refractivity contribution in [1.82, 2.24) is 0 Å². The molecule has 0 radical (unpaired) electrons. The molecule has 27 heavy (non-hydrogen) atoms. The molecule has 2 aromatic carbocycles. The molecule has 0 saturated heterocycles. The summed E-state index contributed by atoms with van der Waals surface area (Å²) < 4.78 is 94.1. The first-order valence-electron chi connectivity index (χ1n) is 6.83. The summed E-state index contributed by atoms with van der Waals surface area (Å²) in [6.45, 7) is 0. The van der Waals surface area contributed by atoms with Gasteiger partial charge in [-0.05, 0) is 12.1 Å². The second-order valence-electron chi connectivity index (χ2n) is 4.81. The molecule has 0 spiro atoms. The third-order valence-corrected chi connectivity index (χ3v) is 3.27. The van der Waals surface area contributed by atoms with Crippen LogP contribution in [0.1, 0.15) is 20.7 Å². The van der Waals surface area contributed by atoms with E-state index in [0.717, 1.165) is 14.2 Å². The number of halogens is 6. The Morgan fingerprint density at radius 1 is 0.667 bits per heavy atom. The van der Waals surface area contributed by atoms with Gasteiger partial charge >= 0.3 is 11.9 Å². The largest absolute Gasteiger partial charge is 0.491 e. The molecule has 2 aromatic rings. The summed E-state index contributed by atoms with van der Waals surface area (Å²) in [6.07, 6.45) is 0. The molecule has 0 amide bonds. The van der Waals surface area contributed by atoms with Gasteiger partial charge in [0.25, 0.3) is 0 Å². The van der Waals surface area contributed by atoms with Crippen LogP contribution in [0.25, 0.3) is 0 Å². The highest BCUT2D eigenvalue weighted by Gasteiger charge is 2.29. The molecule has 0 saturated carbocycles. The van der Waals surface area contributed by atoms with Crippen molar-refractivity contribution in [1.29, 1.82) is 0 Å². The molecule has 11 heteroatoms. The van der Waals surface area contributed by atoms with Crippen LogP contribution in [0.4, 0.5) is 26.3 Å². The molecule has 0 aromatic heterocycles. The van der Waals surface area contributed by atoms with Gasteiger partial charge in [0.1, 0.15) is 11.1 Å². The number of carbonyl (C=O) groups is 2. The van der Waals surface area contributed by atoms with Crippen molar-refractivity contribution in [3.8, 4) is 11.5 Å². The number of rotatable bonds is 4. The highest BCUT2D eigenvalue weighted by molar-refractivity contribution is 6.03. The standard InChI is InChI=1S/C16H8F6O5/c1-25-13-9(19)5(3-7(17)11(13)21)15(23)27-16(24)6-4-8(18)12(22)14(26-2)10(6)20/h3-4H,1-2H3. The lowest BCUT2D eigenvalue weighted by molar-refractivity contribution is 0.0389. The van der Waals surface area contributed by atoms with Crippen molar-refractivity contribution in [2.45, 2.75) is 0 Å². The van der Waals surface area contributed by atoms with E-state index < -0.39 is 69.5 Å². The van der Waals surface area contributed by atoms with Crippen LogP contribution in [0, 0.1) is 34.9 Å². The zero-order valence-electron chi connectivity index (χ0n) is 13.5. The summed E-state index contributed by atoms with van der Waals surface area (Å²) in [5.41, 5.74) is -2.51. The van der Waals surface area contributed by atoms with Gasteiger partial charge in [0.2, 0.25) is 11.6 Å². The van der Waals surface area contributed by atoms with Gasteiger partial charge in [-0.2, -0.15) is 8.78 Å². The lowest BCUT2D eigenvalue weighted by atomic mass is 10.1. The van der Waals surface area contributed by atoms with Gasteiger partial charge in [0, 0.05) is 0 Å². The van der Waals surface area contributed by atoms with Gasteiger partial charge in [-0.25, -0.2) is 27.2 Å². The molecule has 2 rings (SSSR count). The average molecular weight is 394 g/mol. The monoisotopic (exact) mass is 394 g/mol. The molecule has 0 fully saturated rings. The fraction of sp³-hybridized carbons (Fsp3) is 0.125. The maximum absolute atomic E-state index is 14.0. The van der Waals surface area contributed by atoms with E-state index in [9.17, 15) is 35.9 Å². The number of hydrogen-bond donors (Lipinski definition) is 0. The Bertz CT molecular complexity index is 868. The van der Waals surface area contributed by atoms with Gasteiger partial charge in [0.15, 0.2) is 34.8 Å². The summed E-state index contributed by atoms with van der Waals surface area (Å²) >= 11 is 0. The molecule has 0 heterocycles. The molecule has 0 unspecified atom stereocenters. The highest BCUT2D eigenvalue weighted by atomic mass is 19.2. The number of carbonyl (C=O) groups excluding carboxylic acids is 2. The van der Waals surface area contributed by atoms with Crippen LogP contribution in [0.15, 0.2) is 12.1 Å².